The zero-order valence-electron chi connectivity index (χ0n) is 10.6. The molecule has 2 heterocycles. The van der Waals surface area contributed by atoms with Gasteiger partial charge in [0, 0.05) is 38.0 Å². The highest BCUT2D eigenvalue weighted by atomic mass is 32.1. The SMILES string of the molecule is CCNCc1csc(N2CCC(COC)C2)n1. The second kappa shape index (κ2) is 6.33. The van der Waals surface area contributed by atoms with Gasteiger partial charge >= 0.3 is 0 Å². The summed E-state index contributed by atoms with van der Waals surface area (Å²) in [6, 6.07) is 0. The van der Waals surface area contributed by atoms with E-state index >= 15 is 0 Å². The van der Waals surface area contributed by atoms with E-state index in [2.05, 4.69) is 27.5 Å². The van der Waals surface area contributed by atoms with Gasteiger partial charge < -0.3 is 15.0 Å². The number of hydrogen-bond acceptors (Lipinski definition) is 5. The molecule has 0 bridgehead atoms. The lowest BCUT2D eigenvalue weighted by Gasteiger charge is -2.14. The van der Waals surface area contributed by atoms with E-state index in [1.807, 2.05) is 0 Å². The average Bonchev–Trinajstić information content (AvgIpc) is 2.95. The molecule has 4 nitrogen and oxygen atoms in total. The fourth-order valence-electron chi connectivity index (χ4n) is 2.15. The third-order valence-corrected chi connectivity index (χ3v) is 4.00. The first-order valence-electron chi connectivity index (χ1n) is 6.22. The lowest BCUT2D eigenvalue weighted by molar-refractivity contribution is 0.161. The van der Waals surface area contributed by atoms with Crippen LogP contribution < -0.4 is 10.2 Å². The van der Waals surface area contributed by atoms with E-state index in [1.54, 1.807) is 18.4 Å². The van der Waals surface area contributed by atoms with Crippen LogP contribution in [0.25, 0.3) is 0 Å². The first-order chi connectivity index (χ1) is 8.33. The summed E-state index contributed by atoms with van der Waals surface area (Å²) >= 11 is 1.75. The quantitative estimate of drug-likeness (QED) is 0.840. The molecule has 1 aliphatic rings. The molecule has 1 saturated heterocycles. The minimum absolute atomic E-state index is 0.668. The normalized spacial score (nSPS) is 20.1. The average molecular weight is 255 g/mol. The van der Waals surface area contributed by atoms with Crippen LogP contribution in [-0.2, 0) is 11.3 Å². The molecule has 1 aliphatic heterocycles. The maximum Gasteiger partial charge on any atom is 0.185 e. The molecule has 1 fully saturated rings. The fourth-order valence-corrected chi connectivity index (χ4v) is 3.02. The number of anilines is 1. The fraction of sp³-hybridized carbons (Fsp3) is 0.750. The predicted octanol–water partition coefficient (Wildman–Crippen LogP) is 1.73. The van der Waals surface area contributed by atoms with Gasteiger partial charge in [-0.2, -0.15) is 0 Å². The first-order valence-corrected chi connectivity index (χ1v) is 7.10. The predicted molar refractivity (Wildman–Crippen MR) is 71.7 cm³/mol. The number of nitrogens with one attached hydrogen (secondary N) is 1. The Kier molecular flexibility index (Phi) is 4.76. The number of methoxy groups -OCH3 is 1. The van der Waals surface area contributed by atoms with Crippen molar-refractivity contribution >= 4 is 16.5 Å². The monoisotopic (exact) mass is 255 g/mol. The number of ether oxygens (including phenoxy) is 1. The highest BCUT2D eigenvalue weighted by molar-refractivity contribution is 7.13. The topological polar surface area (TPSA) is 37.4 Å². The van der Waals surface area contributed by atoms with Crippen LogP contribution in [0.5, 0.6) is 0 Å². The molecule has 0 spiro atoms. The van der Waals surface area contributed by atoms with E-state index in [0.717, 1.165) is 43.6 Å². The van der Waals surface area contributed by atoms with Gasteiger partial charge in [0.05, 0.1) is 12.3 Å². The molecular formula is C12H21N3OS. The summed E-state index contributed by atoms with van der Waals surface area (Å²) in [6.07, 6.45) is 1.22. The minimum atomic E-state index is 0.668. The second-order valence-electron chi connectivity index (χ2n) is 4.46. The van der Waals surface area contributed by atoms with Gasteiger partial charge in [-0.1, -0.05) is 6.92 Å². The molecule has 1 N–H and O–H groups in total. The number of rotatable bonds is 6. The Morgan fingerprint density at radius 3 is 3.29 bits per heavy atom. The second-order valence-corrected chi connectivity index (χ2v) is 5.29. The number of thiazole rings is 1. The van der Waals surface area contributed by atoms with Crippen molar-refractivity contribution in [3.05, 3.63) is 11.1 Å². The van der Waals surface area contributed by atoms with Crippen molar-refractivity contribution in [2.75, 3.05) is 38.3 Å². The molecule has 96 valence electrons. The standard InChI is InChI=1S/C12H21N3OS/c1-3-13-6-11-9-17-12(14-11)15-5-4-10(7-15)8-16-2/h9-10,13H,3-8H2,1-2H3. The maximum absolute atomic E-state index is 5.21. The van der Waals surface area contributed by atoms with Crippen molar-refractivity contribution in [1.29, 1.82) is 0 Å². The third kappa shape index (κ3) is 3.40. The Morgan fingerprint density at radius 1 is 1.65 bits per heavy atom. The van der Waals surface area contributed by atoms with E-state index in [4.69, 9.17) is 4.74 Å². The van der Waals surface area contributed by atoms with E-state index in [9.17, 15) is 0 Å². The highest BCUT2D eigenvalue weighted by Gasteiger charge is 2.24. The number of hydrogen-bond donors (Lipinski definition) is 1. The molecule has 0 amide bonds. The van der Waals surface area contributed by atoms with E-state index in [0.29, 0.717) is 5.92 Å². The summed E-state index contributed by atoms with van der Waals surface area (Å²) in [5, 5.41) is 6.62. The number of aromatic nitrogens is 1. The Balaban J connectivity index is 1.88. The van der Waals surface area contributed by atoms with E-state index in [-0.39, 0.29) is 0 Å². The van der Waals surface area contributed by atoms with Crippen LogP contribution in [0.3, 0.4) is 0 Å². The molecule has 1 unspecified atom stereocenters. The summed E-state index contributed by atoms with van der Waals surface area (Å²) in [5.41, 5.74) is 1.15. The van der Waals surface area contributed by atoms with Crippen LogP contribution in [0.1, 0.15) is 19.0 Å². The van der Waals surface area contributed by atoms with Crippen LogP contribution in [0.4, 0.5) is 5.13 Å². The van der Waals surface area contributed by atoms with Gasteiger partial charge in [0.1, 0.15) is 0 Å². The summed E-state index contributed by atoms with van der Waals surface area (Å²) in [6.45, 7) is 7.05. The van der Waals surface area contributed by atoms with Crippen LogP contribution in [0.15, 0.2) is 5.38 Å². The molecule has 2 rings (SSSR count). The molecule has 17 heavy (non-hydrogen) atoms. The molecule has 0 aromatic carbocycles. The molecule has 1 aromatic rings. The van der Waals surface area contributed by atoms with Crippen LogP contribution in [0.2, 0.25) is 0 Å². The van der Waals surface area contributed by atoms with Crippen LogP contribution in [-0.4, -0.2) is 38.3 Å². The van der Waals surface area contributed by atoms with Crippen molar-refractivity contribution in [2.45, 2.75) is 19.9 Å². The lowest BCUT2D eigenvalue weighted by Crippen LogP contribution is -2.21. The van der Waals surface area contributed by atoms with Gasteiger partial charge in [-0.15, -0.1) is 11.3 Å². The number of nitrogens with zero attached hydrogens (tertiary/aromatic N) is 2. The van der Waals surface area contributed by atoms with Crippen molar-refractivity contribution in [3.8, 4) is 0 Å². The molecule has 1 atom stereocenters. The molecule has 0 saturated carbocycles. The largest absolute Gasteiger partial charge is 0.384 e. The van der Waals surface area contributed by atoms with Gasteiger partial charge in [-0.3, -0.25) is 0 Å². The summed E-state index contributed by atoms with van der Waals surface area (Å²) in [7, 11) is 1.78. The summed E-state index contributed by atoms with van der Waals surface area (Å²) in [5.74, 6) is 0.668. The third-order valence-electron chi connectivity index (χ3n) is 3.05. The van der Waals surface area contributed by atoms with E-state index in [1.165, 1.54) is 6.42 Å². The summed E-state index contributed by atoms with van der Waals surface area (Å²) in [4.78, 5) is 7.04. The maximum atomic E-state index is 5.21. The molecule has 1 aromatic heterocycles. The summed E-state index contributed by atoms with van der Waals surface area (Å²) < 4.78 is 5.21. The van der Waals surface area contributed by atoms with Crippen LogP contribution >= 0.6 is 11.3 Å². The van der Waals surface area contributed by atoms with Gasteiger partial charge in [0.2, 0.25) is 0 Å². The Labute approximate surface area is 107 Å². The van der Waals surface area contributed by atoms with Crippen molar-refractivity contribution < 1.29 is 4.74 Å². The van der Waals surface area contributed by atoms with E-state index < -0.39 is 0 Å². The Hall–Kier alpha value is -0.650. The Bertz CT molecular complexity index is 342. The van der Waals surface area contributed by atoms with Crippen LogP contribution in [0, 0.1) is 5.92 Å². The van der Waals surface area contributed by atoms with Gasteiger partial charge in [0.25, 0.3) is 0 Å². The first kappa shape index (κ1) is 12.8. The van der Waals surface area contributed by atoms with Crippen molar-refractivity contribution in [3.63, 3.8) is 0 Å². The van der Waals surface area contributed by atoms with Gasteiger partial charge in [-0.05, 0) is 13.0 Å². The lowest BCUT2D eigenvalue weighted by atomic mass is 10.1. The molecule has 0 radical (unpaired) electrons. The Morgan fingerprint density at radius 2 is 2.53 bits per heavy atom. The molecule has 0 aliphatic carbocycles. The van der Waals surface area contributed by atoms with Gasteiger partial charge in [0.15, 0.2) is 5.13 Å². The highest BCUT2D eigenvalue weighted by Crippen LogP contribution is 2.27. The van der Waals surface area contributed by atoms with Crippen molar-refractivity contribution in [2.24, 2.45) is 5.92 Å². The minimum Gasteiger partial charge on any atom is -0.384 e. The molecular weight excluding hydrogens is 234 g/mol. The van der Waals surface area contributed by atoms with Gasteiger partial charge in [-0.25, -0.2) is 4.98 Å². The smallest absolute Gasteiger partial charge is 0.185 e. The zero-order chi connectivity index (χ0) is 12.1. The van der Waals surface area contributed by atoms with Crippen molar-refractivity contribution in [1.82, 2.24) is 10.3 Å². The molecule has 5 heteroatoms. The zero-order valence-corrected chi connectivity index (χ0v) is 11.4.